The van der Waals surface area contributed by atoms with Crippen molar-refractivity contribution in [1.82, 2.24) is 24.8 Å². The minimum atomic E-state index is -0.775. The Hall–Kier alpha value is -3.93. The van der Waals surface area contributed by atoms with Crippen molar-refractivity contribution in [2.24, 2.45) is 5.73 Å². The van der Waals surface area contributed by atoms with Crippen LogP contribution < -0.4 is 11.1 Å². The van der Waals surface area contributed by atoms with Gasteiger partial charge < -0.3 is 20.9 Å². The number of nitrogens with zero attached hydrogens (tertiary/aromatic N) is 5. The molecule has 11 heteroatoms. The minimum Gasteiger partial charge on any atom is -0.480 e. The fraction of sp³-hybridized carbons (Fsp3) is 0.393. The first-order valence-corrected chi connectivity index (χ1v) is 13.0. The lowest BCUT2D eigenvalue weighted by Gasteiger charge is -2.33. The number of ether oxygens (including phenoxy) is 1. The smallest absolute Gasteiger partial charge is 0.328 e. The highest BCUT2D eigenvalue weighted by Gasteiger charge is 2.20. The standard InChI is InChI=1S/C28H35N7O4/c1-39-27(38)25(5-7-29)33-28-31-16-23(17-32-28)22-6-8-30-24(15-22)14-20-3-2-4-21(13-20)18-34-9-11-35(12-10-34)19-26(36)37/h2-4,6,8,13,15-17,25H,5,7,9-12,14,18-19,29H2,1H3,(H,36,37)(H,31,32,33). The maximum absolute atomic E-state index is 11.9. The van der Waals surface area contributed by atoms with Gasteiger partial charge in [-0.1, -0.05) is 24.3 Å². The number of hydrogen-bond acceptors (Lipinski definition) is 10. The molecule has 1 unspecified atom stereocenters. The second-order valence-electron chi connectivity index (χ2n) is 9.57. The van der Waals surface area contributed by atoms with Gasteiger partial charge in [0, 0.05) is 69.0 Å². The number of carbonyl (C=O) groups is 2. The molecule has 4 rings (SSSR count). The fourth-order valence-corrected chi connectivity index (χ4v) is 4.62. The Morgan fingerprint density at radius 1 is 1.03 bits per heavy atom. The van der Waals surface area contributed by atoms with E-state index < -0.39 is 18.0 Å². The summed E-state index contributed by atoms with van der Waals surface area (Å²) >= 11 is 0. The molecule has 11 nitrogen and oxygen atoms in total. The Morgan fingerprint density at radius 2 is 1.74 bits per heavy atom. The van der Waals surface area contributed by atoms with Crippen molar-refractivity contribution in [3.8, 4) is 11.1 Å². The second kappa shape index (κ2) is 13.7. The van der Waals surface area contributed by atoms with Crippen LogP contribution in [0.5, 0.6) is 0 Å². The van der Waals surface area contributed by atoms with Crippen molar-refractivity contribution in [2.45, 2.75) is 25.4 Å². The summed E-state index contributed by atoms with van der Waals surface area (Å²) in [7, 11) is 1.34. The number of aliphatic carboxylic acids is 1. The molecular formula is C28H35N7O4. The zero-order valence-corrected chi connectivity index (χ0v) is 22.1. The van der Waals surface area contributed by atoms with E-state index in [9.17, 15) is 9.59 Å². The first-order chi connectivity index (χ1) is 18.9. The molecule has 0 radical (unpaired) electrons. The second-order valence-corrected chi connectivity index (χ2v) is 9.57. The zero-order valence-electron chi connectivity index (χ0n) is 22.1. The van der Waals surface area contributed by atoms with Crippen molar-refractivity contribution in [2.75, 3.05) is 51.7 Å². The van der Waals surface area contributed by atoms with Crippen LogP contribution in [-0.2, 0) is 27.3 Å². The number of pyridine rings is 1. The molecule has 0 bridgehead atoms. The number of carboxylic acid groups (broad SMARTS) is 1. The number of methoxy groups -OCH3 is 1. The molecule has 3 heterocycles. The van der Waals surface area contributed by atoms with E-state index in [-0.39, 0.29) is 6.54 Å². The third kappa shape index (κ3) is 8.28. The van der Waals surface area contributed by atoms with Crippen LogP contribution in [0, 0.1) is 0 Å². The number of anilines is 1. The lowest BCUT2D eigenvalue weighted by Crippen LogP contribution is -2.47. The number of nitrogens with two attached hydrogens (primary N) is 1. The average Bonchev–Trinajstić information content (AvgIpc) is 2.94. The van der Waals surface area contributed by atoms with Crippen LogP contribution in [0.4, 0.5) is 5.95 Å². The number of piperazine rings is 1. The predicted molar refractivity (Wildman–Crippen MR) is 147 cm³/mol. The van der Waals surface area contributed by atoms with Gasteiger partial charge in [0.1, 0.15) is 6.04 Å². The molecule has 4 N–H and O–H groups in total. The summed E-state index contributed by atoms with van der Waals surface area (Å²) in [4.78, 5) is 40.5. The number of aromatic nitrogens is 3. The van der Waals surface area contributed by atoms with E-state index in [1.54, 1.807) is 18.6 Å². The Bertz CT molecular complexity index is 1250. The topological polar surface area (TPSA) is 147 Å². The summed E-state index contributed by atoms with van der Waals surface area (Å²) in [5.41, 5.74) is 10.7. The first-order valence-electron chi connectivity index (χ1n) is 13.0. The molecule has 0 aliphatic carbocycles. The van der Waals surface area contributed by atoms with Gasteiger partial charge in [0.25, 0.3) is 0 Å². The molecule has 3 aromatic rings. The normalized spacial score (nSPS) is 15.0. The predicted octanol–water partition coefficient (Wildman–Crippen LogP) is 1.63. The van der Waals surface area contributed by atoms with Crippen LogP contribution in [0.3, 0.4) is 0 Å². The lowest BCUT2D eigenvalue weighted by atomic mass is 10.0. The van der Waals surface area contributed by atoms with E-state index in [1.807, 2.05) is 17.0 Å². The molecule has 1 aromatic carbocycles. The third-order valence-corrected chi connectivity index (χ3v) is 6.65. The largest absolute Gasteiger partial charge is 0.480 e. The summed E-state index contributed by atoms with van der Waals surface area (Å²) in [6.45, 7) is 4.52. The van der Waals surface area contributed by atoms with Gasteiger partial charge in [-0.05, 0) is 41.8 Å². The third-order valence-electron chi connectivity index (χ3n) is 6.65. The van der Waals surface area contributed by atoms with E-state index in [2.05, 4.69) is 49.4 Å². The summed E-state index contributed by atoms with van der Waals surface area (Å²) in [6, 6.07) is 11.9. The highest BCUT2D eigenvalue weighted by atomic mass is 16.5. The van der Waals surface area contributed by atoms with E-state index >= 15 is 0 Å². The van der Waals surface area contributed by atoms with Crippen molar-refractivity contribution >= 4 is 17.9 Å². The van der Waals surface area contributed by atoms with Crippen LogP contribution in [0.25, 0.3) is 11.1 Å². The summed E-state index contributed by atoms with van der Waals surface area (Å²) in [5.74, 6) is -0.853. The van der Waals surface area contributed by atoms with Gasteiger partial charge in [0.2, 0.25) is 5.95 Å². The van der Waals surface area contributed by atoms with Crippen molar-refractivity contribution < 1.29 is 19.4 Å². The van der Waals surface area contributed by atoms with Gasteiger partial charge in [0.05, 0.1) is 13.7 Å². The van der Waals surface area contributed by atoms with E-state index in [4.69, 9.17) is 15.6 Å². The molecule has 1 fully saturated rings. The number of rotatable bonds is 12. The molecule has 206 valence electrons. The van der Waals surface area contributed by atoms with Crippen LogP contribution in [0.2, 0.25) is 0 Å². The van der Waals surface area contributed by atoms with Crippen LogP contribution in [0.1, 0.15) is 23.2 Å². The molecule has 0 amide bonds. The maximum Gasteiger partial charge on any atom is 0.328 e. The first kappa shape index (κ1) is 28.1. The Labute approximate surface area is 228 Å². The summed E-state index contributed by atoms with van der Waals surface area (Å²) < 4.78 is 4.81. The van der Waals surface area contributed by atoms with Crippen molar-refractivity contribution in [1.29, 1.82) is 0 Å². The van der Waals surface area contributed by atoms with Gasteiger partial charge in [-0.3, -0.25) is 19.6 Å². The molecule has 1 saturated heterocycles. The van der Waals surface area contributed by atoms with Crippen molar-refractivity contribution in [3.05, 3.63) is 71.8 Å². The van der Waals surface area contributed by atoms with Gasteiger partial charge >= 0.3 is 11.9 Å². The average molecular weight is 534 g/mol. The van der Waals surface area contributed by atoms with Gasteiger partial charge in [0.15, 0.2) is 0 Å². The van der Waals surface area contributed by atoms with Gasteiger partial charge in [-0.25, -0.2) is 14.8 Å². The van der Waals surface area contributed by atoms with Crippen molar-refractivity contribution in [3.63, 3.8) is 0 Å². The number of nitrogens with one attached hydrogen (secondary N) is 1. The zero-order chi connectivity index (χ0) is 27.6. The van der Waals surface area contributed by atoms with Crippen LogP contribution in [0.15, 0.2) is 55.0 Å². The Balaban J connectivity index is 1.36. The molecule has 1 aliphatic heterocycles. The number of hydrogen-bond donors (Lipinski definition) is 3. The molecule has 0 spiro atoms. The lowest BCUT2D eigenvalue weighted by molar-refractivity contribution is -0.141. The Kier molecular flexibility index (Phi) is 9.90. The van der Waals surface area contributed by atoms with E-state index in [1.165, 1.54) is 18.2 Å². The number of carboxylic acids is 1. The van der Waals surface area contributed by atoms with E-state index in [0.717, 1.165) is 49.5 Å². The Morgan fingerprint density at radius 3 is 2.44 bits per heavy atom. The molecule has 1 aliphatic rings. The minimum absolute atomic E-state index is 0.104. The van der Waals surface area contributed by atoms with Gasteiger partial charge in [-0.2, -0.15) is 0 Å². The number of carbonyl (C=O) groups excluding carboxylic acids is 1. The number of benzene rings is 1. The molecule has 2 aromatic heterocycles. The highest BCUT2D eigenvalue weighted by Crippen LogP contribution is 2.21. The SMILES string of the molecule is COC(=O)C(CCN)Nc1ncc(-c2ccnc(Cc3cccc(CN4CCN(CC(=O)O)CC4)c3)c2)cn1. The number of esters is 1. The van der Waals surface area contributed by atoms with E-state index in [0.29, 0.717) is 25.3 Å². The molecule has 1 atom stereocenters. The molecular weight excluding hydrogens is 498 g/mol. The quantitative estimate of drug-likeness (QED) is 0.292. The molecule has 0 saturated carbocycles. The summed E-state index contributed by atoms with van der Waals surface area (Å²) in [6.07, 6.45) is 6.31. The maximum atomic E-state index is 11.9. The van der Waals surface area contributed by atoms with Gasteiger partial charge in [-0.15, -0.1) is 0 Å². The fourth-order valence-electron chi connectivity index (χ4n) is 4.62. The summed E-state index contributed by atoms with van der Waals surface area (Å²) in [5, 5.41) is 12.0. The highest BCUT2D eigenvalue weighted by molar-refractivity contribution is 5.78. The van der Waals surface area contributed by atoms with Crippen LogP contribution >= 0.6 is 0 Å². The van der Waals surface area contributed by atoms with Crippen LogP contribution in [-0.4, -0.2) is 94.2 Å². The monoisotopic (exact) mass is 533 g/mol. The molecule has 39 heavy (non-hydrogen) atoms.